The molecule has 1 aliphatic heterocycles. The van der Waals surface area contributed by atoms with Gasteiger partial charge in [0.1, 0.15) is 11.8 Å². The monoisotopic (exact) mass is 320 g/mol. The van der Waals surface area contributed by atoms with Gasteiger partial charge in [-0.25, -0.2) is 0 Å². The molecule has 1 saturated carbocycles. The summed E-state index contributed by atoms with van der Waals surface area (Å²) in [5, 5.41) is 2.88. The zero-order valence-corrected chi connectivity index (χ0v) is 13.5. The molecule has 2 heterocycles. The van der Waals surface area contributed by atoms with Crippen molar-refractivity contribution in [1.82, 2.24) is 10.2 Å². The number of carbonyl (C=O) groups excluding carboxylic acids is 2. The topological polar surface area (TPSA) is 71.8 Å². The first-order chi connectivity index (χ1) is 11.2. The van der Waals surface area contributed by atoms with E-state index >= 15 is 0 Å². The van der Waals surface area contributed by atoms with Gasteiger partial charge in [0.05, 0.1) is 12.9 Å². The lowest BCUT2D eigenvalue weighted by molar-refractivity contribution is -0.127. The molecular weight excluding hydrogens is 296 g/mol. The second-order valence-corrected chi connectivity index (χ2v) is 6.28. The molecule has 1 aromatic rings. The predicted octanol–water partition coefficient (Wildman–Crippen LogP) is 2.31. The van der Waals surface area contributed by atoms with Gasteiger partial charge in [0.25, 0.3) is 5.91 Å². The van der Waals surface area contributed by atoms with Crippen molar-refractivity contribution in [2.24, 2.45) is 0 Å². The van der Waals surface area contributed by atoms with Gasteiger partial charge in [0.15, 0.2) is 5.76 Å². The number of carbonyl (C=O) groups is 2. The highest BCUT2D eigenvalue weighted by Gasteiger charge is 2.53. The van der Waals surface area contributed by atoms with Gasteiger partial charge in [0.2, 0.25) is 5.91 Å². The van der Waals surface area contributed by atoms with E-state index < -0.39 is 11.8 Å². The van der Waals surface area contributed by atoms with E-state index in [2.05, 4.69) is 5.32 Å². The van der Waals surface area contributed by atoms with Crippen LogP contribution in [0.3, 0.4) is 0 Å². The van der Waals surface area contributed by atoms with Crippen LogP contribution in [0, 0.1) is 0 Å². The van der Waals surface area contributed by atoms with Gasteiger partial charge in [0, 0.05) is 6.54 Å². The fourth-order valence-electron chi connectivity index (χ4n) is 3.56. The maximum Gasteiger partial charge on any atom is 0.292 e. The molecule has 1 aromatic heterocycles. The number of furan rings is 1. The summed E-state index contributed by atoms with van der Waals surface area (Å²) in [6, 6.07) is 2.74. The van der Waals surface area contributed by atoms with Crippen molar-refractivity contribution < 1.29 is 18.7 Å². The maximum atomic E-state index is 12.9. The molecule has 1 N–H and O–H groups in total. The van der Waals surface area contributed by atoms with Crippen molar-refractivity contribution in [3.63, 3.8) is 0 Å². The summed E-state index contributed by atoms with van der Waals surface area (Å²) in [6.07, 6.45) is 7.03. The SMILES string of the molecule is CCCNC(=O)[C@@H]1COC2(CCCCC2)N1C(=O)c1ccco1. The number of amides is 2. The molecule has 2 fully saturated rings. The van der Waals surface area contributed by atoms with Gasteiger partial charge >= 0.3 is 0 Å². The van der Waals surface area contributed by atoms with Gasteiger partial charge in [-0.05, 0) is 44.2 Å². The number of nitrogens with one attached hydrogen (secondary N) is 1. The summed E-state index contributed by atoms with van der Waals surface area (Å²) in [5.74, 6) is -0.144. The predicted molar refractivity (Wildman–Crippen MR) is 83.7 cm³/mol. The third kappa shape index (κ3) is 3.00. The molecule has 1 spiro atoms. The van der Waals surface area contributed by atoms with Crippen molar-refractivity contribution >= 4 is 11.8 Å². The highest BCUT2D eigenvalue weighted by atomic mass is 16.5. The average Bonchev–Trinajstić information content (AvgIpc) is 3.21. The lowest BCUT2D eigenvalue weighted by atomic mass is 9.90. The van der Waals surface area contributed by atoms with E-state index in [-0.39, 0.29) is 24.2 Å². The molecule has 2 amide bonds. The number of hydrogen-bond acceptors (Lipinski definition) is 4. The van der Waals surface area contributed by atoms with Crippen LogP contribution in [0.5, 0.6) is 0 Å². The Bertz CT molecular complexity index is 549. The third-order valence-electron chi connectivity index (χ3n) is 4.70. The van der Waals surface area contributed by atoms with Crippen LogP contribution in [0.1, 0.15) is 56.0 Å². The highest BCUT2D eigenvalue weighted by Crippen LogP contribution is 2.41. The molecule has 0 aromatic carbocycles. The maximum absolute atomic E-state index is 12.9. The number of hydrogen-bond donors (Lipinski definition) is 1. The fourth-order valence-corrected chi connectivity index (χ4v) is 3.56. The Balaban J connectivity index is 1.87. The van der Waals surface area contributed by atoms with Gasteiger partial charge in [-0.2, -0.15) is 0 Å². The number of rotatable bonds is 4. The van der Waals surface area contributed by atoms with Crippen LogP contribution in [0.25, 0.3) is 0 Å². The van der Waals surface area contributed by atoms with Crippen LogP contribution in [0.2, 0.25) is 0 Å². The largest absolute Gasteiger partial charge is 0.459 e. The summed E-state index contributed by atoms with van der Waals surface area (Å²) in [5.41, 5.74) is -0.656. The van der Waals surface area contributed by atoms with Crippen LogP contribution in [-0.2, 0) is 9.53 Å². The van der Waals surface area contributed by atoms with Crippen LogP contribution < -0.4 is 5.32 Å². The lowest BCUT2D eigenvalue weighted by Crippen LogP contribution is -2.56. The first-order valence-electron chi connectivity index (χ1n) is 8.47. The van der Waals surface area contributed by atoms with Crippen molar-refractivity contribution in [2.75, 3.05) is 13.2 Å². The quantitative estimate of drug-likeness (QED) is 0.924. The molecule has 1 aliphatic carbocycles. The Labute approximate surface area is 136 Å². The molecule has 0 bridgehead atoms. The van der Waals surface area contributed by atoms with Crippen LogP contribution in [0.15, 0.2) is 22.8 Å². The molecule has 23 heavy (non-hydrogen) atoms. The van der Waals surface area contributed by atoms with Gasteiger partial charge in [-0.15, -0.1) is 0 Å². The summed E-state index contributed by atoms with van der Waals surface area (Å²) in [6.45, 7) is 2.85. The molecule has 3 rings (SSSR count). The molecule has 0 radical (unpaired) electrons. The smallest absolute Gasteiger partial charge is 0.292 e. The van der Waals surface area contributed by atoms with Crippen molar-refractivity contribution in [3.05, 3.63) is 24.2 Å². The van der Waals surface area contributed by atoms with E-state index in [4.69, 9.17) is 9.15 Å². The first kappa shape index (κ1) is 16.1. The number of ether oxygens (including phenoxy) is 1. The molecule has 0 unspecified atom stereocenters. The van der Waals surface area contributed by atoms with Gasteiger partial charge in [-0.1, -0.05) is 13.3 Å². The molecule has 1 saturated heterocycles. The van der Waals surface area contributed by atoms with E-state index in [9.17, 15) is 9.59 Å². The minimum Gasteiger partial charge on any atom is -0.459 e. The van der Waals surface area contributed by atoms with Crippen LogP contribution in [-0.4, -0.2) is 41.6 Å². The van der Waals surface area contributed by atoms with Crippen molar-refractivity contribution in [1.29, 1.82) is 0 Å². The molecule has 126 valence electrons. The van der Waals surface area contributed by atoms with Crippen molar-refractivity contribution in [2.45, 2.75) is 57.2 Å². The van der Waals surface area contributed by atoms with Crippen LogP contribution in [0.4, 0.5) is 0 Å². The Morgan fingerprint density at radius 1 is 1.35 bits per heavy atom. The van der Waals surface area contributed by atoms with E-state index in [0.29, 0.717) is 6.54 Å². The van der Waals surface area contributed by atoms with Crippen molar-refractivity contribution in [3.8, 4) is 0 Å². The molecule has 6 nitrogen and oxygen atoms in total. The molecular formula is C17H24N2O4. The van der Waals surface area contributed by atoms with E-state index in [1.165, 1.54) is 6.26 Å². The summed E-state index contributed by atoms with van der Waals surface area (Å²) >= 11 is 0. The minimum atomic E-state index is -0.656. The lowest BCUT2D eigenvalue weighted by Gasteiger charge is -2.41. The normalized spacial score (nSPS) is 23.2. The Morgan fingerprint density at radius 3 is 2.78 bits per heavy atom. The second-order valence-electron chi connectivity index (χ2n) is 6.28. The van der Waals surface area contributed by atoms with Gasteiger partial charge in [-0.3, -0.25) is 14.5 Å². The second kappa shape index (κ2) is 6.74. The van der Waals surface area contributed by atoms with Crippen LogP contribution >= 0.6 is 0 Å². The Hall–Kier alpha value is -1.82. The molecule has 6 heteroatoms. The van der Waals surface area contributed by atoms with Gasteiger partial charge < -0.3 is 14.5 Å². The average molecular weight is 320 g/mol. The van der Waals surface area contributed by atoms with E-state index in [0.717, 1.165) is 38.5 Å². The zero-order valence-electron chi connectivity index (χ0n) is 13.5. The highest BCUT2D eigenvalue weighted by molar-refractivity contribution is 5.96. The standard InChI is InChI=1S/C17H24N2O4/c1-2-10-18-15(20)13-12-23-17(8-4-3-5-9-17)19(13)16(21)14-7-6-11-22-14/h6-7,11,13H,2-5,8-10,12H2,1H3,(H,18,20)/t13-/m0/s1. The zero-order chi connectivity index (χ0) is 16.3. The Morgan fingerprint density at radius 2 is 2.13 bits per heavy atom. The summed E-state index contributed by atoms with van der Waals surface area (Å²) in [4.78, 5) is 27.1. The third-order valence-corrected chi connectivity index (χ3v) is 4.70. The fraction of sp³-hybridized carbons (Fsp3) is 0.647. The minimum absolute atomic E-state index is 0.144. The summed E-state index contributed by atoms with van der Waals surface area (Å²) in [7, 11) is 0. The first-order valence-corrected chi connectivity index (χ1v) is 8.47. The molecule has 2 aliphatic rings. The number of nitrogens with zero attached hydrogens (tertiary/aromatic N) is 1. The van der Waals surface area contributed by atoms with E-state index in [1.807, 2.05) is 6.92 Å². The van der Waals surface area contributed by atoms with E-state index in [1.54, 1.807) is 17.0 Å². The summed E-state index contributed by atoms with van der Waals surface area (Å²) < 4.78 is 11.3. The Kier molecular flexibility index (Phi) is 4.71. The molecule has 1 atom stereocenters.